The summed E-state index contributed by atoms with van der Waals surface area (Å²) in [5.41, 5.74) is 3.09. The van der Waals surface area contributed by atoms with Gasteiger partial charge in [0.15, 0.2) is 10.6 Å². The third-order valence-electron chi connectivity index (χ3n) is 5.49. The number of carbonyl (C=O) groups excluding carboxylic acids is 1. The Balaban J connectivity index is 1.76. The number of anilines is 1. The van der Waals surface area contributed by atoms with Gasteiger partial charge in [-0.3, -0.25) is 14.5 Å². The van der Waals surface area contributed by atoms with Crippen molar-refractivity contribution < 1.29 is 13.9 Å². The first-order valence-corrected chi connectivity index (χ1v) is 11.4. The molecule has 5 rings (SSSR count). The second-order valence-electron chi connectivity index (χ2n) is 7.94. The first kappa shape index (κ1) is 20.5. The lowest BCUT2D eigenvalue weighted by Gasteiger charge is -2.23. The topological polar surface area (TPSA) is 72.6 Å². The summed E-state index contributed by atoms with van der Waals surface area (Å²) in [6, 6.07) is 12.3. The number of thiazole rings is 1. The molecule has 0 fully saturated rings. The molecular formula is C25H22N2O4S. The quantitative estimate of drug-likeness (QED) is 0.410. The van der Waals surface area contributed by atoms with Gasteiger partial charge in [0.05, 0.1) is 29.3 Å². The normalized spacial score (nSPS) is 15.4. The summed E-state index contributed by atoms with van der Waals surface area (Å²) in [6.45, 7) is 6.43. The fourth-order valence-corrected chi connectivity index (χ4v) is 4.87. The SMILES string of the molecule is CCCOc1cccc([C@@H]2c3c(oc4ccc(C)cc4c3=O)C(=O)N2c2nc(C)cs2)c1. The van der Waals surface area contributed by atoms with E-state index in [1.807, 2.05) is 56.5 Å². The molecule has 1 aliphatic rings. The molecule has 0 bridgehead atoms. The molecule has 0 N–H and O–H groups in total. The maximum absolute atomic E-state index is 13.7. The molecule has 0 saturated heterocycles. The molecule has 2 aromatic carbocycles. The van der Waals surface area contributed by atoms with Gasteiger partial charge in [-0.2, -0.15) is 0 Å². The Morgan fingerprint density at radius 1 is 1.16 bits per heavy atom. The minimum Gasteiger partial charge on any atom is -0.494 e. The van der Waals surface area contributed by atoms with Crippen LogP contribution in [-0.4, -0.2) is 17.5 Å². The zero-order valence-electron chi connectivity index (χ0n) is 18.0. The van der Waals surface area contributed by atoms with Gasteiger partial charge in [-0.05, 0) is 50.1 Å². The maximum atomic E-state index is 13.7. The first-order valence-electron chi connectivity index (χ1n) is 10.5. The summed E-state index contributed by atoms with van der Waals surface area (Å²) in [6.07, 6.45) is 0.883. The van der Waals surface area contributed by atoms with Gasteiger partial charge in [-0.15, -0.1) is 11.3 Å². The Labute approximate surface area is 189 Å². The van der Waals surface area contributed by atoms with E-state index in [1.54, 1.807) is 17.0 Å². The van der Waals surface area contributed by atoms with Crippen LogP contribution in [0, 0.1) is 13.8 Å². The minimum atomic E-state index is -0.644. The Morgan fingerprint density at radius 2 is 2.00 bits per heavy atom. The average molecular weight is 447 g/mol. The zero-order valence-corrected chi connectivity index (χ0v) is 18.9. The molecule has 162 valence electrons. The summed E-state index contributed by atoms with van der Waals surface area (Å²) >= 11 is 1.37. The standard InChI is InChI=1S/C25H22N2O4S/c1-4-10-30-17-7-5-6-16(12-17)21-20-22(28)18-11-14(2)8-9-19(18)31-23(20)24(29)27(21)25-26-15(3)13-32-25/h5-9,11-13,21H,4,10H2,1-3H3/t21-/m1/s1. The summed E-state index contributed by atoms with van der Waals surface area (Å²) < 4.78 is 11.8. The van der Waals surface area contributed by atoms with Crippen molar-refractivity contribution in [3.63, 3.8) is 0 Å². The van der Waals surface area contributed by atoms with Crippen LogP contribution in [0.25, 0.3) is 11.0 Å². The second kappa shape index (κ2) is 7.91. The van der Waals surface area contributed by atoms with Gasteiger partial charge in [-0.25, -0.2) is 4.98 Å². The molecular weight excluding hydrogens is 424 g/mol. The molecule has 32 heavy (non-hydrogen) atoms. The van der Waals surface area contributed by atoms with Gasteiger partial charge in [0.25, 0.3) is 5.91 Å². The maximum Gasteiger partial charge on any atom is 0.297 e. The number of hydrogen-bond acceptors (Lipinski definition) is 6. The number of carbonyl (C=O) groups is 1. The number of amides is 1. The predicted octanol–water partition coefficient (Wildman–Crippen LogP) is 5.40. The highest BCUT2D eigenvalue weighted by atomic mass is 32.1. The molecule has 1 amide bonds. The van der Waals surface area contributed by atoms with Crippen LogP contribution in [0.2, 0.25) is 0 Å². The van der Waals surface area contributed by atoms with E-state index in [-0.39, 0.29) is 17.1 Å². The summed E-state index contributed by atoms with van der Waals surface area (Å²) in [5.74, 6) is 0.407. The average Bonchev–Trinajstić information content (AvgIpc) is 3.34. The largest absolute Gasteiger partial charge is 0.494 e. The van der Waals surface area contributed by atoms with Crippen LogP contribution in [-0.2, 0) is 0 Å². The van der Waals surface area contributed by atoms with E-state index in [0.717, 1.165) is 23.2 Å². The van der Waals surface area contributed by atoms with Crippen molar-refractivity contribution >= 4 is 33.3 Å². The Hall–Kier alpha value is -3.45. The van der Waals surface area contributed by atoms with Crippen LogP contribution in [0.3, 0.4) is 0 Å². The zero-order chi connectivity index (χ0) is 22.4. The molecule has 6 nitrogen and oxygen atoms in total. The molecule has 7 heteroatoms. The van der Waals surface area contributed by atoms with E-state index in [2.05, 4.69) is 4.98 Å². The lowest BCUT2D eigenvalue weighted by Crippen LogP contribution is -2.29. The van der Waals surface area contributed by atoms with Crippen LogP contribution >= 0.6 is 11.3 Å². The van der Waals surface area contributed by atoms with Crippen molar-refractivity contribution in [2.45, 2.75) is 33.2 Å². The van der Waals surface area contributed by atoms with Gasteiger partial charge in [0.1, 0.15) is 11.3 Å². The summed E-state index contributed by atoms with van der Waals surface area (Å²) in [5, 5.41) is 2.89. The van der Waals surface area contributed by atoms with Crippen molar-refractivity contribution in [3.8, 4) is 5.75 Å². The smallest absolute Gasteiger partial charge is 0.297 e. The molecule has 3 heterocycles. The number of nitrogens with zero attached hydrogens (tertiary/aromatic N) is 2. The third-order valence-corrected chi connectivity index (χ3v) is 6.44. The molecule has 1 aliphatic heterocycles. The monoisotopic (exact) mass is 446 g/mol. The molecule has 0 spiro atoms. The highest BCUT2D eigenvalue weighted by Crippen LogP contribution is 2.42. The predicted molar refractivity (Wildman–Crippen MR) is 125 cm³/mol. The van der Waals surface area contributed by atoms with Crippen molar-refractivity contribution in [1.29, 1.82) is 0 Å². The Kier molecular flexibility index (Phi) is 5.06. The van der Waals surface area contributed by atoms with Gasteiger partial charge >= 0.3 is 0 Å². The Morgan fingerprint density at radius 3 is 2.75 bits per heavy atom. The van der Waals surface area contributed by atoms with E-state index in [4.69, 9.17) is 9.15 Å². The number of aromatic nitrogens is 1. The molecule has 2 aromatic heterocycles. The number of rotatable bonds is 5. The van der Waals surface area contributed by atoms with E-state index in [0.29, 0.717) is 34.0 Å². The highest BCUT2D eigenvalue weighted by molar-refractivity contribution is 7.14. The molecule has 0 unspecified atom stereocenters. The fourth-order valence-electron chi connectivity index (χ4n) is 4.05. The van der Waals surface area contributed by atoms with Crippen molar-refractivity contribution in [2.24, 2.45) is 0 Å². The lowest BCUT2D eigenvalue weighted by molar-refractivity contribution is 0.0971. The number of ether oxygens (including phenoxy) is 1. The minimum absolute atomic E-state index is 0.0732. The van der Waals surface area contributed by atoms with Crippen molar-refractivity contribution in [1.82, 2.24) is 4.98 Å². The summed E-state index contributed by atoms with van der Waals surface area (Å²) in [4.78, 5) is 33.3. The fraction of sp³-hybridized carbons (Fsp3) is 0.240. The number of fused-ring (bicyclic) bond motifs is 2. The van der Waals surface area contributed by atoms with Gasteiger partial charge in [0, 0.05) is 5.38 Å². The number of benzene rings is 2. The van der Waals surface area contributed by atoms with Crippen molar-refractivity contribution in [3.05, 3.63) is 86.2 Å². The van der Waals surface area contributed by atoms with E-state index in [1.165, 1.54) is 11.3 Å². The summed E-state index contributed by atoms with van der Waals surface area (Å²) in [7, 11) is 0. The first-order chi connectivity index (χ1) is 15.5. The van der Waals surface area contributed by atoms with E-state index in [9.17, 15) is 9.59 Å². The lowest BCUT2D eigenvalue weighted by atomic mass is 9.98. The van der Waals surface area contributed by atoms with Crippen molar-refractivity contribution in [2.75, 3.05) is 11.5 Å². The number of aryl methyl sites for hydroxylation is 2. The highest BCUT2D eigenvalue weighted by Gasteiger charge is 2.45. The third kappa shape index (κ3) is 3.29. The van der Waals surface area contributed by atoms with Gasteiger partial charge in [0.2, 0.25) is 5.76 Å². The van der Waals surface area contributed by atoms with Crippen LogP contribution in [0.1, 0.15) is 52.3 Å². The molecule has 1 atom stereocenters. The molecule has 4 aromatic rings. The van der Waals surface area contributed by atoms with Crippen LogP contribution in [0.15, 0.2) is 57.1 Å². The van der Waals surface area contributed by atoms with Gasteiger partial charge < -0.3 is 9.15 Å². The molecule has 0 radical (unpaired) electrons. The van der Waals surface area contributed by atoms with Gasteiger partial charge in [-0.1, -0.05) is 30.7 Å². The molecule has 0 aliphatic carbocycles. The van der Waals surface area contributed by atoms with Crippen LogP contribution < -0.4 is 15.1 Å². The van der Waals surface area contributed by atoms with Crippen LogP contribution in [0.4, 0.5) is 5.13 Å². The van der Waals surface area contributed by atoms with E-state index >= 15 is 0 Å². The van der Waals surface area contributed by atoms with Crippen LogP contribution in [0.5, 0.6) is 5.75 Å². The molecule has 0 saturated carbocycles. The van der Waals surface area contributed by atoms with E-state index < -0.39 is 6.04 Å². The number of hydrogen-bond donors (Lipinski definition) is 0. The Bertz CT molecular complexity index is 1400. The second-order valence-corrected chi connectivity index (χ2v) is 8.78.